The van der Waals surface area contributed by atoms with Gasteiger partial charge in [0.25, 0.3) is 5.91 Å². The summed E-state index contributed by atoms with van der Waals surface area (Å²) in [7, 11) is 1.51. The van der Waals surface area contributed by atoms with E-state index >= 15 is 0 Å². The highest BCUT2D eigenvalue weighted by atomic mass is 35.5. The Hall–Kier alpha value is -2.53. The highest BCUT2D eigenvalue weighted by Crippen LogP contribution is 2.24. The summed E-state index contributed by atoms with van der Waals surface area (Å²) in [5, 5.41) is 3.28. The molecule has 0 saturated carbocycles. The van der Waals surface area contributed by atoms with E-state index in [1.54, 1.807) is 18.2 Å². The van der Waals surface area contributed by atoms with E-state index in [1.165, 1.54) is 7.11 Å². The van der Waals surface area contributed by atoms with E-state index in [4.69, 9.17) is 21.1 Å². The van der Waals surface area contributed by atoms with E-state index in [1.807, 2.05) is 38.1 Å². The number of halogens is 1. The standard InChI is InChI=1S/C20H22ClNO4/c1-13(2)16-6-4-5-7-17(16)22-19(23)12-26-20(24)11-14-10-15(21)8-9-18(14)25-3/h4-10,13H,11-12H2,1-3H3,(H,22,23). The van der Waals surface area contributed by atoms with Crippen LogP contribution >= 0.6 is 11.6 Å². The van der Waals surface area contributed by atoms with E-state index in [-0.39, 0.29) is 24.9 Å². The molecule has 0 atom stereocenters. The van der Waals surface area contributed by atoms with Gasteiger partial charge in [0.05, 0.1) is 13.5 Å². The van der Waals surface area contributed by atoms with Gasteiger partial charge in [-0.05, 0) is 35.7 Å². The number of ether oxygens (including phenoxy) is 2. The Morgan fingerprint density at radius 1 is 1.15 bits per heavy atom. The molecule has 138 valence electrons. The lowest BCUT2D eigenvalue weighted by Crippen LogP contribution is -2.22. The average Bonchev–Trinajstić information content (AvgIpc) is 2.60. The highest BCUT2D eigenvalue weighted by Gasteiger charge is 2.14. The van der Waals surface area contributed by atoms with Crippen LogP contribution in [0, 0.1) is 0 Å². The summed E-state index contributed by atoms with van der Waals surface area (Å²) in [6.45, 7) is 3.74. The van der Waals surface area contributed by atoms with Gasteiger partial charge in [0.2, 0.25) is 0 Å². The minimum absolute atomic E-state index is 0.0282. The fraction of sp³-hybridized carbons (Fsp3) is 0.300. The van der Waals surface area contributed by atoms with Crippen LogP contribution < -0.4 is 10.1 Å². The number of hydrogen-bond acceptors (Lipinski definition) is 4. The maximum absolute atomic E-state index is 12.1. The molecule has 0 radical (unpaired) electrons. The molecule has 0 unspecified atom stereocenters. The van der Waals surface area contributed by atoms with Crippen molar-refractivity contribution in [2.24, 2.45) is 0 Å². The van der Waals surface area contributed by atoms with Crippen molar-refractivity contribution in [1.82, 2.24) is 0 Å². The Morgan fingerprint density at radius 3 is 2.58 bits per heavy atom. The van der Waals surface area contributed by atoms with Crippen molar-refractivity contribution in [1.29, 1.82) is 0 Å². The van der Waals surface area contributed by atoms with Crippen molar-refractivity contribution in [3.05, 3.63) is 58.6 Å². The molecule has 2 rings (SSSR count). The van der Waals surface area contributed by atoms with Crippen LogP contribution in [0.15, 0.2) is 42.5 Å². The van der Waals surface area contributed by atoms with Crippen LogP contribution in [0.2, 0.25) is 5.02 Å². The van der Waals surface area contributed by atoms with Crippen LogP contribution in [-0.4, -0.2) is 25.6 Å². The van der Waals surface area contributed by atoms with E-state index in [2.05, 4.69) is 5.32 Å². The van der Waals surface area contributed by atoms with E-state index in [0.29, 0.717) is 16.3 Å². The first-order valence-corrected chi connectivity index (χ1v) is 8.65. The Kier molecular flexibility index (Phi) is 7.04. The third kappa shape index (κ3) is 5.49. The van der Waals surface area contributed by atoms with Gasteiger partial charge in [0, 0.05) is 16.3 Å². The zero-order valence-electron chi connectivity index (χ0n) is 15.0. The number of hydrogen-bond donors (Lipinski definition) is 1. The van der Waals surface area contributed by atoms with Crippen molar-refractivity contribution < 1.29 is 19.1 Å². The van der Waals surface area contributed by atoms with Gasteiger partial charge in [-0.3, -0.25) is 9.59 Å². The first kappa shape index (κ1) is 19.8. The van der Waals surface area contributed by atoms with Gasteiger partial charge in [-0.1, -0.05) is 43.6 Å². The number of anilines is 1. The van der Waals surface area contributed by atoms with Crippen molar-refractivity contribution in [3.63, 3.8) is 0 Å². The SMILES string of the molecule is COc1ccc(Cl)cc1CC(=O)OCC(=O)Nc1ccccc1C(C)C. The van der Waals surface area contributed by atoms with Crippen molar-refractivity contribution in [2.45, 2.75) is 26.2 Å². The van der Waals surface area contributed by atoms with E-state index in [0.717, 1.165) is 11.3 Å². The summed E-state index contributed by atoms with van der Waals surface area (Å²) in [6, 6.07) is 12.5. The predicted molar refractivity (Wildman–Crippen MR) is 102 cm³/mol. The van der Waals surface area contributed by atoms with Gasteiger partial charge in [-0.15, -0.1) is 0 Å². The second kappa shape index (κ2) is 9.25. The molecule has 0 heterocycles. The number of para-hydroxylation sites is 1. The molecule has 2 aromatic rings. The number of carbonyl (C=O) groups is 2. The molecular weight excluding hydrogens is 354 g/mol. The van der Waals surface area contributed by atoms with Crippen molar-refractivity contribution >= 4 is 29.2 Å². The van der Waals surface area contributed by atoms with Gasteiger partial charge in [0.15, 0.2) is 6.61 Å². The topological polar surface area (TPSA) is 64.6 Å². The van der Waals surface area contributed by atoms with Crippen LogP contribution in [0.1, 0.15) is 30.9 Å². The van der Waals surface area contributed by atoms with Crippen LogP contribution in [0.25, 0.3) is 0 Å². The first-order valence-electron chi connectivity index (χ1n) is 8.27. The minimum Gasteiger partial charge on any atom is -0.496 e. The van der Waals surface area contributed by atoms with Gasteiger partial charge >= 0.3 is 5.97 Å². The smallest absolute Gasteiger partial charge is 0.310 e. The molecule has 0 aromatic heterocycles. The normalized spacial score (nSPS) is 10.5. The minimum atomic E-state index is -0.530. The quantitative estimate of drug-likeness (QED) is 0.737. The Morgan fingerprint density at radius 2 is 1.88 bits per heavy atom. The molecule has 5 nitrogen and oxygen atoms in total. The molecule has 0 spiro atoms. The molecule has 26 heavy (non-hydrogen) atoms. The average molecular weight is 376 g/mol. The molecule has 0 aliphatic carbocycles. The Labute approximate surface area is 158 Å². The van der Waals surface area contributed by atoms with Crippen molar-refractivity contribution in [3.8, 4) is 5.75 Å². The molecule has 6 heteroatoms. The van der Waals surface area contributed by atoms with Gasteiger partial charge < -0.3 is 14.8 Å². The maximum atomic E-state index is 12.1. The van der Waals surface area contributed by atoms with Gasteiger partial charge in [0.1, 0.15) is 5.75 Å². The number of amides is 1. The molecular formula is C20H22ClNO4. The molecule has 0 aliphatic heterocycles. The summed E-state index contributed by atoms with van der Waals surface area (Å²) >= 11 is 5.94. The second-order valence-corrected chi connectivity index (χ2v) is 6.52. The highest BCUT2D eigenvalue weighted by molar-refractivity contribution is 6.30. The zero-order chi connectivity index (χ0) is 19.1. The molecule has 1 amide bonds. The number of nitrogens with one attached hydrogen (secondary N) is 1. The third-order valence-electron chi connectivity index (χ3n) is 3.80. The predicted octanol–water partition coefficient (Wildman–Crippen LogP) is 4.20. The maximum Gasteiger partial charge on any atom is 0.310 e. The molecule has 0 fully saturated rings. The number of benzene rings is 2. The van der Waals surface area contributed by atoms with Gasteiger partial charge in [-0.25, -0.2) is 0 Å². The largest absolute Gasteiger partial charge is 0.496 e. The lowest BCUT2D eigenvalue weighted by Gasteiger charge is -2.14. The van der Waals surface area contributed by atoms with Gasteiger partial charge in [-0.2, -0.15) is 0 Å². The van der Waals surface area contributed by atoms with Crippen LogP contribution in [-0.2, 0) is 20.7 Å². The number of rotatable bonds is 7. The van der Waals surface area contributed by atoms with Crippen LogP contribution in [0.5, 0.6) is 5.75 Å². The third-order valence-corrected chi connectivity index (χ3v) is 4.03. The van der Waals surface area contributed by atoms with E-state index < -0.39 is 5.97 Å². The number of esters is 1. The molecule has 2 aromatic carbocycles. The fourth-order valence-corrected chi connectivity index (χ4v) is 2.73. The molecule has 0 aliphatic rings. The van der Waals surface area contributed by atoms with Crippen LogP contribution in [0.4, 0.5) is 5.69 Å². The van der Waals surface area contributed by atoms with E-state index in [9.17, 15) is 9.59 Å². The molecule has 1 N–H and O–H groups in total. The second-order valence-electron chi connectivity index (χ2n) is 6.08. The lowest BCUT2D eigenvalue weighted by atomic mass is 10.0. The monoisotopic (exact) mass is 375 g/mol. The lowest BCUT2D eigenvalue weighted by molar-refractivity contribution is -0.146. The summed E-state index contributed by atoms with van der Waals surface area (Å²) in [6.07, 6.45) is -0.0282. The zero-order valence-corrected chi connectivity index (χ0v) is 15.8. The fourth-order valence-electron chi connectivity index (χ4n) is 2.54. The number of carbonyl (C=O) groups excluding carboxylic acids is 2. The Balaban J connectivity index is 1.92. The summed E-state index contributed by atoms with van der Waals surface area (Å²) in [4.78, 5) is 24.1. The molecule has 0 saturated heterocycles. The van der Waals surface area contributed by atoms with Crippen LogP contribution in [0.3, 0.4) is 0 Å². The number of methoxy groups -OCH3 is 1. The van der Waals surface area contributed by atoms with Crippen molar-refractivity contribution in [2.75, 3.05) is 19.0 Å². The summed E-state index contributed by atoms with van der Waals surface area (Å²) < 4.78 is 10.3. The molecule has 0 bridgehead atoms. The first-order chi connectivity index (χ1) is 12.4. The summed E-state index contributed by atoms with van der Waals surface area (Å²) in [5.74, 6) is -0.103. The Bertz CT molecular complexity index is 789. The summed E-state index contributed by atoms with van der Waals surface area (Å²) in [5.41, 5.74) is 2.35.